The third kappa shape index (κ3) is 3.60. The molecule has 1 aliphatic heterocycles. The lowest BCUT2D eigenvalue weighted by molar-refractivity contribution is 0.0924. The van der Waals surface area contributed by atoms with Gasteiger partial charge in [0, 0.05) is 12.1 Å². The minimum absolute atomic E-state index is 0. The van der Waals surface area contributed by atoms with Gasteiger partial charge in [0.15, 0.2) is 0 Å². The zero-order valence-electron chi connectivity index (χ0n) is 12.9. The highest BCUT2D eigenvalue weighted by Gasteiger charge is 2.27. The van der Waals surface area contributed by atoms with E-state index in [9.17, 15) is 4.79 Å². The van der Waals surface area contributed by atoms with E-state index in [1.165, 1.54) is 0 Å². The van der Waals surface area contributed by atoms with Crippen molar-refractivity contribution < 1.29 is 4.79 Å². The van der Waals surface area contributed by atoms with Gasteiger partial charge in [0.2, 0.25) is 0 Å². The summed E-state index contributed by atoms with van der Waals surface area (Å²) >= 11 is 0. The lowest BCUT2D eigenvalue weighted by atomic mass is 9.81. The van der Waals surface area contributed by atoms with Crippen LogP contribution in [0.15, 0.2) is 42.5 Å². The number of hydrogen-bond acceptors (Lipinski definition) is 2. The molecule has 1 fully saturated rings. The number of carbonyl (C=O) groups is 1. The number of benzene rings is 2. The average molecular weight is 319 g/mol. The van der Waals surface area contributed by atoms with Crippen molar-refractivity contribution in [1.29, 1.82) is 0 Å². The van der Waals surface area contributed by atoms with E-state index in [0.29, 0.717) is 0 Å². The molecular weight excluding hydrogens is 296 g/mol. The van der Waals surface area contributed by atoms with Crippen LogP contribution in [0.3, 0.4) is 0 Å². The summed E-state index contributed by atoms with van der Waals surface area (Å²) < 4.78 is 0. The molecule has 2 N–H and O–H groups in total. The molecule has 22 heavy (non-hydrogen) atoms. The molecule has 0 radical (unpaired) electrons. The van der Waals surface area contributed by atoms with Crippen molar-refractivity contribution in [3.8, 4) is 0 Å². The highest BCUT2D eigenvalue weighted by Crippen LogP contribution is 2.27. The highest BCUT2D eigenvalue weighted by molar-refractivity contribution is 6.07. The van der Waals surface area contributed by atoms with Crippen LogP contribution in [0.25, 0.3) is 10.8 Å². The third-order valence-electron chi connectivity index (χ3n) is 4.52. The number of amides is 1. The van der Waals surface area contributed by atoms with Crippen LogP contribution in [0.5, 0.6) is 0 Å². The quantitative estimate of drug-likeness (QED) is 0.911. The molecule has 1 heterocycles. The van der Waals surface area contributed by atoms with E-state index in [2.05, 4.69) is 17.6 Å². The van der Waals surface area contributed by atoms with Gasteiger partial charge in [-0.05, 0) is 48.2 Å². The molecule has 1 saturated heterocycles. The number of hydrogen-bond donors (Lipinski definition) is 2. The topological polar surface area (TPSA) is 41.1 Å². The highest BCUT2D eigenvalue weighted by atomic mass is 35.5. The second-order valence-corrected chi connectivity index (χ2v) is 6.27. The van der Waals surface area contributed by atoms with Gasteiger partial charge in [-0.1, -0.05) is 43.3 Å². The van der Waals surface area contributed by atoms with Crippen LogP contribution in [0.4, 0.5) is 0 Å². The monoisotopic (exact) mass is 318 g/mol. The third-order valence-corrected chi connectivity index (χ3v) is 4.52. The molecule has 1 aliphatic rings. The van der Waals surface area contributed by atoms with Crippen molar-refractivity contribution >= 4 is 29.1 Å². The predicted molar refractivity (Wildman–Crippen MR) is 93.7 cm³/mol. The smallest absolute Gasteiger partial charge is 0.251 e. The normalized spacial score (nSPS) is 16.8. The molecule has 1 amide bonds. The first-order valence-corrected chi connectivity index (χ1v) is 7.65. The number of rotatable bonds is 3. The van der Waals surface area contributed by atoms with Crippen molar-refractivity contribution in [2.45, 2.75) is 19.8 Å². The Morgan fingerprint density at radius 2 is 1.82 bits per heavy atom. The van der Waals surface area contributed by atoms with Gasteiger partial charge in [-0.25, -0.2) is 0 Å². The molecule has 118 valence electrons. The van der Waals surface area contributed by atoms with Gasteiger partial charge >= 0.3 is 0 Å². The molecule has 0 spiro atoms. The maximum atomic E-state index is 12.5. The molecule has 0 aliphatic carbocycles. The maximum Gasteiger partial charge on any atom is 0.251 e. The van der Waals surface area contributed by atoms with E-state index in [4.69, 9.17) is 0 Å². The lowest BCUT2D eigenvalue weighted by Crippen LogP contribution is -2.42. The summed E-state index contributed by atoms with van der Waals surface area (Å²) in [6.45, 7) is 5.09. The van der Waals surface area contributed by atoms with Crippen molar-refractivity contribution in [2.24, 2.45) is 5.41 Å². The molecule has 0 bridgehead atoms. The van der Waals surface area contributed by atoms with Gasteiger partial charge in [0.05, 0.1) is 0 Å². The first-order chi connectivity index (χ1) is 10.2. The van der Waals surface area contributed by atoms with Crippen LogP contribution in [0.1, 0.15) is 30.1 Å². The van der Waals surface area contributed by atoms with Crippen LogP contribution in [-0.2, 0) is 0 Å². The molecular formula is C18H23ClN2O. The Morgan fingerprint density at radius 3 is 2.59 bits per heavy atom. The summed E-state index contributed by atoms with van der Waals surface area (Å²) in [6, 6.07) is 13.9. The Bertz CT molecular complexity index is 645. The lowest BCUT2D eigenvalue weighted by Gasteiger charge is -2.34. The summed E-state index contributed by atoms with van der Waals surface area (Å²) in [4.78, 5) is 12.5. The fourth-order valence-corrected chi connectivity index (χ4v) is 3.02. The van der Waals surface area contributed by atoms with E-state index in [1.54, 1.807) is 0 Å². The zero-order chi connectivity index (χ0) is 14.7. The van der Waals surface area contributed by atoms with Crippen molar-refractivity contribution in [1.82, 2.24) is 10.6 Å². The van der Waals surface area contributed by atoms with Gasteiger partial charge in [0.1, 0.15) is 0 Å². The van der Waals surface area contributed by atoms with Crippen LogP contribution in [-0.4, -0.2) is 25.5 Å². The zero-order valence-corrected chi connectivity index (χ0v) is 13.7. The van der Waals surface area contributed by atoms with E-state index < -0.39 is 0 Å². The molecule has 3 nitrogen and oxygen atoms in total. The standard InChI is InChI=1S/C18H22N2O.ClH/c1-18(9-11-19-12-10-18)13-20-17(21)16-8-4-6-14-5-2-3-7-15(14)16;/h2-8,19H,9-13H2,1H3,(H,20,21);1H. The number of nitrogens with one attached hydrogen (secondary N) is 2. The number of fused-ring (bicyclic) bond motifs is 1. The van der Waals surface area contributed by atoms with Crippen molar-refractivity contribution in [2.75, 3.05) is 19.6 Å². The minimum atomic E-state index is 0. The summed E-state index contributed by atoms with van der Waals surface area (Å²) in [7, 11) is 0. The van der Waals surface area contributed by atoms with Crippen LogP contribution in [0, 0.1) is 5.41 Å². The predicted octanol–water partition coefficient (Wildman–Crippen LogP) is 3.38. The fourth-order valence-electron chi connectivity index (χ4n) is 3.02. The van der Waals surface area contributed by atoms with Crippen molar-refractivity contribution in [3.05, 3.63) is 48.0 Å². The number of piperidine rings is 1. The van der Waals surface area contributed by atoms with Gasteiger partial charge < -0.3 is 10.6 Å². The maximum absolute atomic E-state index is 12.5. The fraction of sp³-hybridized carbons (Fsp3) is 0.389. The molecule has 3 rings (SSSR count). The van der Waals surface area contributed by atoms with E-state index >= 15 is 0 Å². The van der Waals surface area contributed by atoms with Crippen molar-refractivity contribution in [3.63, 3.8) is 0 Å². The number of halogens is 1. The van der Waals surface area contributed by atoms with Gasteiger partial charge in [-0.3, -0.25) is 4.79 Å². The molecule has 0 saturated carbocycles. The second kappa shape index (κ2) is 7.12. The molecule has 0 aromatic heterocycles. The Kier molecular flexibility index (Phi) is 5.43. The first kappa shape index (κ1) is 16.8. The summed E-state index contributed by atoms with van der Waals surface area (Å²) in [6.07, 6.45) is 2.23. The molecule has 0 atom stereocenters. The Balaban J connectivity index is 0.00000176. The van der Waals surface area contributed by atoms with E-state index in [-0.39, 0.29) is 23.7 Å². The molecule has 2 aromatic rings. The SMILES string of the molecule is CC1(CNC(=O)c2cccc3ccccc23)CCNCC1.Cl. The molecule has 2 aromatic carbocycles. The number of carbonyl (C=O) groups excluding carboxylic acids is 1. The summed E-state index contributed by atoms with van der Waals surface area (Å²) in [5.41, 5.74) is 0.983. The average Bonchev–Trinajstić information content (AvgIpc) is 2.53. The minimum Gasteiger partial charge on any atom is -0.351 e. The Morgan fingerprint density at radius 1 is 1.14 bits per heavy atom. The van der Waals surface area contributed by atoms with Crippen LogP contribution < -0.4 is 10.6 Å². The van der Waals surface area contributed by atoms with Gasteiger partial charge in [-0.2, -0.15) is 0 Å². The Hall–Kier alpha value is -1.58. The molecule has 4 heteroatoms. The summed E-state index contributed by atoms with van der Waals surface area (Å²) in [5, 5.41) is 8.64. The first-order valence-electron chi connectivity index (χ1n) is 7.65. The van der Waals surface area contributed by atoms with Crippen LogP contribution in [0.2, 0.25) is 0 Å². The van der Waals surface area contributed by atoms with Gasteiger partial charge in [-0.15, -0.1) is 12.4 Å². The van der Waals surface area contributed by atoms with E-state index in [0.717, 1.165) is 48.8 Å². The Labute approximate surface area is 137 Å². The second-order valence-electron chi connectivity index (χ2n) is 6.27. The van der Waals surface area contributed by atoms with Gasteiger partial charge in [0.25, 0.3) is 5.91 Å². The largest absolute Gasteiger partial charge is 0.351 e. The van der Waals surface area contributed by atoms with Crippen LogP contribution >= 0.6 is 12.4 Å². The summed E-state index contributed by atoms with van der Waals surface area (Å²) in [5.74, 6) is 0.0338. The van der Waals surface area contributed by atoms with E-state index in [1.807, 2.05) is 42.5 Å². The molecule has 0 unspecified atom stereocenters.